The summed E-state index contributed by atoms with van der Waals surface area (Å²) in [6.45, 7) is 4.60. The average molecular weight is 405 g/mol. The highest BCUT2D eigenvalue weighted by atomic mass is 35.5. The van der Waals surface area contributed by atoms with Crippen LogP contribution in [0.1, 0.15) is 38.5 Å². The predicted molar refractivity (Wildman–Crippen MR) is 95.4 cm³/mol. The van der Waals surface area contributed by atoms with Gasteiger partial charge in [0.2, 0.25) is 0 Å². The highest BCUT2D eigenvalue weighted by molar-refractivity contribution is 8.09. The van der Waals surface area contributed by atoms with Crippen LogP contribution in [0.5, 0.6) is 0 Å². The Labute approximate surface area is 148 Å². The molecule has 0 N–H and O–H groups in total. The average Bonchev–Trinajstić information content (AvgIpc) is 3.00. The Morgan fingerprint density at radius 1 is 1.35 bits per heavy atom. The van der Waals surface area contributed by atoms with E-state index < -0.39 is 12.6 Å². The molecule has 0 saturated heterocycles. The third-order valence-electron chi connectivity index (χ3n) is 2.62. The first-order valence-corrected chi connectivity index (χ1v) is 10.8. The maximum Gasteiger partial charge on any atom is 0.410 e. The number of allylic oxidation sites excluding steroid dienone is 1. The van der Waals surface area contributed by atoms with Crippen LogP contribution in [0, 0.1) is 0 Å². The van der Waals surface area contributed by atoms with E-state index in [1.54, 1.807) is 12.1 Å². The van der Waals surface area contributed by atoms with E-state index in [0.717, 1.165) is 0 Å². The minimum absolute atomic E-state index is 0.126. The maximum absolute atomic E-state index is 14.6. The number of alkyl halides is 2. The zero-order chi connectivity index (χ0) is 17.5. The molecule has 1 aromatic heterocycles. The van der Waals surface area contributed by atoms with Crippen LogP contribution in [0.15, 0.2) is 22.4 Å². The molecule has 0 aliphatic carbocycles. The van der Waals surface area contributed by atoms with Gasteiger partial charge in [-0.1, -0.05) is 31.0 Å². The van der Waals surface area contributed by atoms with E-state index in [9.17, 15) is 13.3 Å². The van der Waals surface area contributed by atoms with Crippen molar-refractivity contribution in [2.75, 3.05) is 13.2 Å². The molecular formula is C14H20ClF2O3PS2. The van der Waals surface area contributed by atoms with Crippen molar-refractivity contribution in [3.05, 3.63) is 27.3 Å². The van der Waals surface area contributed by atoms with Crippen LogP contribution in [-0.4, -0.2) is 18.2 Å². The summed E-state index contributed by atoms with van der Waals surface area (Å²) in [4.78, 5) is -2.73. The van der Waals surface area contributed by atoms with Gasteiger partial charge in [0.1, 0.15) is 0 Å². The number of thiophene rings is 1. The first-order chi connectivity index (χ1) is 10.8. The van der Waals surface area contributed by atoms with Crippen molar-refractivity contribution < 1.29 is 22.4 Å². The van der Waals surface area contributed by atoms with Gasteiger partial charge in [-0.2, -0.15) is 8.78 Å². The molecule has 1 heterocycles. The van der Waals surface area contributed by atoms with Gasteiger partial charge in [-0.05, 0) is 43.5 Å². The molecule has 0 bridgehead atoms. The summed E-state index contributed by atoms with van der Waals surface area (Å²) in [7, 11) is -4.58. The van der Waals surface area contributed by atoms with Gasteiger partial charge in [-0.15, -0.1) is 11.3 Å². The molecule has 0 atom stereocenters. The molecule has 0 aliphatic heterocycles. The van der Waals surface area contributed by atoms with Crippen molar-refractivity contribution in [1.29, 1.82) is 0 Å². The lowest BCUT2D eigenvalue weighted by Crippen LogP contribution is -2.17. The van der Waals surface area contributed by atoms with Gasteiger partial charge in [0.05, 0.1) is 18.2 Å². The summed E-state index contributed by atoms with van der Waals surface area (Å²) in [5.74, 6) is 0. The van der Waals surface area contributed by atoms with E-state index in [-0.39, 0.29) is 34.9 Å². The molecule has 0 spiro atoms. The zero-order valence-corrected chi connectivity index (χ0v) is 16.5. The molecule has 9 heteroatoms. The molecule has 1 rings (SSSR count). The number of rotatable bonds is 10. The minimum atomic E-state index is -4.58. The number of thioether (sulfide) groups is 1. The van der Waals surface area contributed by atoms with Gasteiger partial charge in [-0.3, -0.25) is 4.57 Å². The molecule has 132 valence electrons. The number of hydrogen-bond acceptors (Lipinski definition) is 5. The molecule has 0 fully saturated rings. The molecule has 0 aromatic carbocycles. The smallest absolute Gasteiger partial charge is 0.304 e. The Morgan fingerprint density at radius 2 is 1.96 bits per heavy atom. The lowest BCUT2D eigenvalue weighted by Gasteiger charge is -2.26. The van der Waals surface area contributed by atoms with E-state index in [1.807, 2.05) is 12.3 Å². The summed E-state index contributed by atoms with van der Waals surface area (Å²) in [6, 6.07) is 3.55. The normalized spacial score (nSPS) is 14.0. The Hall–Kier alpha value is 0.0900. The summed E-state index contributed by atoms with van der Waals surface area (Å²) in [6.07, 6.45) is 0.989. The van der Waals surface area contributed by atoms with Gasteiger partial charge < -0.3 is 9.05 Å². The third kappa shape index (κ3) is 5.55. The molecule has 23 heavy (non-hydrogen) atoms. The van der Waals surface area contributed by atoms with Crippen LogP contribution in [0.2, 0.25) is 0 Å². The van der Waals surface area contributed by atoms with E-state index >= 15 is 0 Å². The van der Waals surface area contributed by atoms with Crippen molar-refractivity contribution >= 4 is 47.3 Å². The lowest BCUT2D eigenvalue weighted by atomic mass is 10.3. The van der Waals surface area contributed by atoms with E-state index in [0.29, 0.717) is 17.7 Å². The Bertz CT molecular complexity index is 554. The van der Waals surface area contributed by atoms with E-state index in [4.69, 9.17) is 20.6 Å². The molecule has 3 nitrogen and oxygen atoms in total. The summed E-state index contributed by atoms with van der Waals surface area (Å²) < 4.78 is 51.1. The molecule has 1 aromatic rings. The number of hydrogen-bond donors (Lipinski definition) is 0. The third-order valence-corrected chi connectivity index (χ3v) is 7.84. The van der Waals surface area contributed by atoms with Crippen LogP contribution in [-0.2, 0) is 13.6 Å². The van der Waals surface area contributed by atoms with Gasteiger partial charge in [0.15, 0.2) is 0 Å². The molecule has 0 saturated carbocycles. The van der Waals surface area contributed by atoms with Crippen LogP contribution in [0.3, 0.4) is 0 Å². The second-order valence-corrected chi connectivity index (χ2v) is 9.30. The van der Waals surface area contributed by atoms with E-state index in [2.05, 4.69) is 0 Å². The minimum Gasteiger partial charge on any atom is -0.304 e. The summed E-state index contributed by atoms with van der Waals surface area (Å²) >= 11 is 7.80. The fourth-order valence-corrected chi connectivity index (χ4v) is 5.82. The Balaban J connectivity index is 3.15. The van der Waals surface area contributed by atoms with Crippen molar-refractivity contribution in [3.8, 4) is 0 Å². The monoisotopic (exact) mass is 404 g/mol. The molecule has 0 aliphatic rings. The molecular weight excluding hydrogens is 385 g/mol. The lowest BCUT2D eigenvalue weighted by molar-refractivity contribution is 0.112. The van der Waals surface area contributed by atoms with Crippen LogP contribution < -0.4 is 0 Å². The second kappa shape index (κ2) is 9.54. The summed E-state index contributed by atoms with van der Waals surface area (Å²) in [5, 5.41) is 2.07. The largest absolute Gasteiger partial charge is 0.410 e. The fraction of sp³-hybridized carbons (Fsp3) is 0.571. The van der Waals surface area contributed by atoms with Crippen molar-refractivity contribution in [3.63, 3.8) is 0 Å². The van der Waals surface area contributed by atoms with Crippen LogP contribution in [0.4, 0.5) is 8.78 Å². The van der Waals surface area contributed by atoms with Crippen molar-refractivity contribution in [2.24, 2.45) is 0 Å². The molecule has 0 radical (unpaired) electrons. The maximum atomic E-state index is 14.6. The zero-order valence-electron chi connectivity index (χ0n) is 13.2. The van der Waals surface area contributed by atoms with Gasteiger partial charge in [-0.25, -0.2) is 0 Å². The second-order valence-electron chi connectivity index (χ2n) is 4.39. The van der Waals surface area contributed by atoms with Crippen LogP contribution >= 0.6 is 42.3 Å². The first-order valence-electron chi connectivity index (χ1n) is 7.19. The standard InChI is InChI=1S/C14H20ClF2O3PS2/c1-4-8-12(13(15)11-9-7-10-22-11)23-14(16,17)21(18,19-5-2)20-6-3/h7,9-10H,4-6,8H2,1-3H3/b13-12+. The van der Waals surface area contributed by atoms with Gasteiger partial charge in [0.25, 0.3) is 0 Å². The van der Waals surface area contributed by atoms with Crippen molar-refractivity contribution in [1.82, 2.24) is 0 Å². The molecule has 0 unspecified atom stereocenters. The Kier molecular flexibility index (Phi) is 8.77. The SMILES string of the molecule is CCC/C(SC(F)(F)P(=O)(OCC)OCC)=C(\Cl)c1cccs1. The van der Waals surface area contributed by atoms with Gasteiger partial charge in [0, 0.05) is 9.78 Å². The van der Waals surface area contributed by atoms with Crippen molar-refractivity contribution in [2.45, 2.75) is 38.6 Å². The fourth-order valence-electron chi connectivity index (χ4n) is 1.71. The highest BCUT2D eigenvalue weighted by Gasteiger charge is 2.55. The van der Waals surface area contributed by atoms with Gasteiger partial charge >= 0.3 is 12.6 Å². The quantitative estimate of drug-likeness (QED) is 0.393. The topological polar surface area (TPSA) is 35.5 Å². The van der Waals surface area contributed by atoms with E-state index in [1.165, 1.54) is 25.2 Å². The predicted octanol–water partition coefficient (Wildman–Crippen LogP) is 7.01. The number of halogens is 3. The summed E-state index contributed by atoms with van der Waals surface area (Å²) in [5.41, 5.74) is 0. The first kappa shape index (κ1) is 21.1. The highest BCUT2D eigenvalue weighted by Crippen LogP contribution is 2.68. The molecule has 0 amide bonds. The Morgan fingerprint density at radius 3 is 2.39 bits per heavy atom. The van der Waals surface area contributed by atoms with Crippen LogP contribution in [0.25, 0.3) is 5.03 Å².